The quantitative estimate of drug-likeness (QED) is 0.573. The number of hydrogen-bond donors (Lipinski definition) is 0. The van der Waals surface area contributed by atoms with Gasteiger partial charge in [-0.25, -0.2) is 0 Å². The predicted octanol–water partition coefficient (Wildman–Crippen LogP) is 5.55. The van der Waals surface area contributed by atoms with Gasteiger partial charge in [0.2, 0.25) is 0 Å². The summed E-state index contributed by atoms with van der Waals surface area (Å²) >= 11 is 0. The largest absolute Gasteiger partial charge is 0.355 e. The lowest BCUT2D eigenvalue weighted by atomic mass is 9.68. The van der Waals surface area contributed by atoms with Gasteiger partial charge in [-0.2, -0.15) is 0 Å². The number of rotatable bonds is 7. The smallest absolute Gasteiger partial charge is 0.162 e. The van der Waals surface area contributed by atoms with E-state index >= 15 is 0 Å². The number of hydrogen-bond acceptors (Lipinski definition) is 2. The number of ether oxygens (including phenoxy) is 2. The minimum atomic E-state index is -0.0404. The minimum Gasteiger partial charge on any atom is -0.355 e. The zero-order chi connectivity index (χ0) is 15.1. The lowest BCUT2D eigenvalue weighted by Gasteiger charge is -2.42. The molecule has 21 heavy (non-hydrogen) atoms. The molecule has 2 rings (SSSR count). The summed E-state index contributed by atoms with van der Waals surface area (Å²) < 4.78 is 11.5. The van der Waals surface area contributed by atoms with E-state index in [2.05, 4.69) is 6.92 Å². The molecule has 2 heteroatoms. The second kappa shape index (κ2) is 8.53. The van der Waals surface area contributed by atoms with Crippen LogP contribution in [0, 0.1) is 17.3 Å². The first-order chi connectivity index (χ1) is 10.2. The molecule has 2 nitrogen and oxygen atoms in total. The molecule has 0 unspecified atom stereocenters. The summed E-state index contributed by atoms with van der Waals surface area (Å²) in [6.45, 7) is 2.42. The Morgan fingerprint density at radius 3 is 1.48 bits per heavy atom. The van der Waals surface area contributed by atoms with E-state index in [1.165, 1.54) is 77.0 Å². The summed E-state index contributed by atoms with van der Waals surface area (Å²) in [6, 6.07) is 0. The van der Waals surface area contributed by atoms with Crippen molar-refractivity contribution in [3.05, 3.63) is 0 Å². The van der Waals surface area contributed by atoms with E-state index in [1.807, 2.05) is 14.2 Å². The maximum absolute atomic E-state index is 5.73. The molecule has 0 atom stereocenters. The third-order valence-corrected chi connectivity index (χ3v) is 5.96. The van der Waals surface area contributed by atoms with Crippen molar-refractivity contribution >= 4 is 0 Å². The molecule has 0 spiro atoms. The summed E-state index contributed by atoms with van der Waals surface area (Å²) in [6.07, 6.45) is 16.8. The highest BCUT2D eigenvalue weighted by atomic mass is 16.7. The Labute approximate surface area is 132 Å². The van der Waals surface area contributed by atoms with Gasteiger partial charge in [-0.15, -0.1) is 0 Å². The Bertz CT molecular complexity index is 253. The molecule has 0 aromatic carbocycles. The van der Waals surface area contributed by atoms with Gasteiger partial charge in [-0.3, -0.25) is 0 Å². The van der Waals surface area contributed by atoms with Crippen LogP contribution >= 0.6 is 0 Å². The monoisotopic (exact) mass is 296 g/mol. The van der Waals surface area contributed by atoms with E-state index in [0.29, 0.717) is 0 Å². The van der Waals surface area contributed by atoms with Crippen molar-refractivity contribution in [1.82, 2.24) is 0 Å². The van der Waals surface area contributed by atoms with E-state index in [0.717, 1.165) is 11.8 Å². The normalized spacial score (nSPS) is 22.9. The third kappa shape index (κ3) is 4.96. The van der Waals surface area contributed by atoms with Gasteiger partial charge in [0.15, 0.2) is 6.29 Å². The van der Waals surface area contributed by atoms with Crippen LogP contribution in [0.25, 0.3) is 0 Å². The van der Waals surface area contributed by atoms with Crippen molar-refractivity contribution in [1.29, 1.82) is 0 Å². The summed E-state index contributed by atoms with van der Waals surface area (Å²) in [5, 5.41) is 0. The van der Waals surface area contributed by atoms with Crippen molar-refractivity contribution in [2.24, 2.45) is 17.3 Å². The maximum atomic E-state index is 5.73. The zero-order valence-corrected chi connectivity index (χ0v) is 14.5. The summed E-state index contributed by atoms with van der Waals surface area (Å²) in [5.74, 6) is 1.78. The molecule has 0 radical (unpaired) electrons. The van der Waals surface area contributed by atoms with Gasteiger partial charge in [0.05, 0.1) is 0 Å². The third-order valence-electron chi connectivity index (χ3n) is 5.96. The van der Waals surface area contributed by atoms with Crippen LogP contribution in [0.2, 0.25) is 0 Å². The SMILES string of the molecule is COC(OC)C(C)(CC1CCCCC1)CC1CCCCC1. The molecular formula is C19H36O2. The molecule has 0 bridgehead atoms. The summed E-state index contributed by atoms with van der Waals surface area (Å²) in [5.41, 5.74) is 0.188. The van der Waals surface area contributed by atoms with E-state index < -0.39 is 0 Å². The molecule has 0 N–H and O–H groups in total. The topological polar surface area (TPSA) is 18.5 Å². The molecule has 0 aromatic heterocycles. The van der Waals surface area contributed by atoms with Crippen LogP contribution in [-0.2, 0) is 9.47 Å². The van der Waals surface area contributed by atoms with Crippen molar-refractivity contribution < 1.29 is 9.47 Å². The average molecular weight is 296 g/mol. The van der Waals surface area contributed by atoms with Crippen LogP contribution in [0.1, 0.15) is 84.0 Å². The van der Waals surface area contributed by atoms with E-state index in [1.54, 1.807) is 0 Å². The van der Waals surface area contributed by atoms with Crippen molar-refractivity contribution in [2.75, 3.05) is 14.2 Å². The van der Waals surface area contributed by atoms with Crippen LogP contribution in [0.4, 0.5) is 0 Å². The number of methoxy groups -OCH3 is 2. The fourth-order valence-electron chi connectivity index (χ4n) is 5.04. The molecule has 0 heterocycles. The van der Waals surface area contributed by atoms with Crippen LogP contribution in [0.5, 0.6) is 0 Å². The van der Waals surface area contributed by atoms with Gasteiger partial charge in [0, 0.05) is 19.6 Å². The first-order valence-corrected chi connectivity index (χ1v) is 9.23. The summed E-state index contributed by atoms with van der Waals surface area (Å²) in [7, 11) is 3.63. The van der Waals surface area contributed by atoms with Crippen molar-refractivity contribution in [3.63, 3.8) is 0 Å². The van der Waals surface area contributed by atoms with Crippen LogP contribution in [0.3, 0.4) is 0 Å². The highest BCUT2D eigenvalue weighted by Crippen LogP contribution is 2.44. The molecule has 2 saturated carbocycles. The molecular weight excluding hydrogens is 260 g/mol. The molecule has 124 valence electrons. The molecule has 2 aliphatic rings. The molecule has 2 aliphatic carbocycles. The van der Waals surface area contributed by atoms with Gasteiger partial charge in [-0.05, 0) is 24.7 Å². The first-order valence-electron chi connectivity index (χ1n) is 9.23. The molecule has 2 fully saturated rings. The minimum absolute atomic E-state index is 0.0404. The van der Waals surface area contributed by atoms with Crippen LogP contribution < -0.4 is 0 Å². The van der Waals surface area contributed by atoms with Crippen molar-refractivity contribution in [3.8, 4) is 0 Å². The van der Waals surface area contributed by atoms with Gasteiger partial charge in [0.1, 0.15) is 0 Å². The van der Waals surface area contributed by atoms with Crippen molar-refractivity contribution in [2.45, 2.75) is 90.3 Å². The Kier molecular flexibility index (Phi) is 7.01. The van der Waals surface area contributed by atoms with Gasteiger partial charge < -0.3 is 9.47 Å². The predicted molar refractivity (Wildman–Crippen MR) is 88.3 cm³/mol. The summed E-state index contributed by atoms with van der Waals surface area (Å²) in [4.78, 5) is 0. The lowest BCUT2D eigenvalue weighted by molar-refractivity contribution is -0.186. The molecule has 0 saturated heterocycles. The standard InChI is InChI=1S/C19H36O2/c1-19(18(20-2)21-3,14-16-10-6-4-7-11-16)15-17-12-8-5-9-13-17/h16-18H,4-15H2,1-3H3. The Balaban J connectivity index is 2.00. The van der Waals surface area contributed by atoms with Gasteiger partial charge >= 0.3 is 0 Å². The zero-order valence-electron chi connectivity index (χ0n) is 14.5. The van der Waals surface area contributed by atoms with E-state index in [9.17, 15) is 0 Å². The van der Waals surface area contributed by atoms with Crippen LogP contribution in [-0.4, -0.2) is 20.5 Å². The second-order valence-corrected chi connectivity index (χ2v) is 7.87. The lowest BCUT2D eigenvalue weighted by Crippen LogP contribution is -2.39. The van der Waals surface area contributed by atoms with E-state index in [-0.39, 0.29) is 11.7 Å². The maximum Gasteiger partial charge on any atom is 0.162 e. The first kappa shape index (κ1) is 17.3. The Morgan fingerprint density at radius 2 is 1.14 bits per heavy atom. The average Bonchev–Trinajstić information content (AvgIpc) is 2.50. The Morgan fingerprint density at radius 1 is 0.762 bits per heavy atom. The van der Waals surface area contributed by atoms with Crippen LogP contribution in [0.15, 0.2) is 0 Å². The second-order valence-electron chi connectivity index (χ2n) is 7.87. The molecule has 0 aromatic rings. The highest BCUT2D eigenvalue weighted by molar-refractivity contribution is 4.86. The molecule has 0 amide bonds. The highest BCUT2D eigenvalue weighted by Gasteiger charge is 2.39. The fraction of sp³-hybridized carbons (Fsp3) is 1.00. The van der Waals surface area contributed by atoms with Gasteiger partial charge in [-0.1, -0.05) is 71.1 Å². The Hall–Kier alpha value is -0.0800. The van der Waals surface area contributed by atoms with E-state index in [4.69, 9.17) is 9.47 Å². The van der Waals surface area contributed by atoms with Gasteiger partial charge in [0.25, 0.3) is 0 Å². The fourth-order valence-corrected chi connectivity index (χ4v) is 5.04. The molecule has 0 aliphatic heterocycles.